The summed E-state index contributed by atoms with van der Waals surface area (Å²) in [4.78, 5) is 38.8. The molecule has 1 N–H and O–H groups in total. The molecular formula is C19H15ClFN5O4. The summed E-state index contributed by atoms with van der Waals surface area (Å²) in [7, 11) is 1.51. The van der Waals surface area contributed by atoms with Gasteiger partial charge in [-0.15, -0.1) is 0 Å². The van der Waals surface area contributed by atoms with Crippen molar-refractivity contribution in [1.29, 1.82) is 0 Å². The van der Waals surface area contributed by atoms with E-state index < -0.39 is 35.6 Å². The van der Waals surface area contributed by atoms with Crippen LogP contribution in [0.1, 0.15) is 0 Å². The number of methoxy groups -OCH3 is 1. The minimum absolute atomic E-state index is 0.127. The molecule has 2 aliphatic rings. The van der Waals surface area contributed by atoms with Gasteiger partial charge in [0.1, 0.15) is 18.1 Å². The normalized spacial score (nSPS) is 20.0. The Hall–Kier alpha value is -3.53. The van der Waals surface area contributed by atoms with Gasteiger partial charge in [0.15, 0.2) is 12.1 Å². The van der Waals surface area contributed by atoms with Gasteiger partial charge in [-0.1, -0.05) is 22.9 Å². The SMILES string of the molecule is COc1cccc(NC(=O)CN2N=NC3C(=O)N(c4ccc(F)c(Cl)c4)C(=O)C32)c1. The first-order valence-corrected chi connectivity index (χ1v) is 9.21. The van der Waals surface area contributed by atoms with Crippen LogP contribution in [0.25, 0.3) is 0 Å². The van der Waals surface area contributed by atoms with Crippen molar-refractivity contribution in [2.45, 2.75) is 12.1 Å². The zero-order chi connectivity index (χ0) is 21.4. The lowest BCUT2D eigenvalue weighted by Crippen LogP contribution is -2.43. The number of ether oxygens (including phenoxy) is 1. The van der Waals surface area contributed by atoms with Crippen LogP contribution in [0.2, 0.25) is 5.02 Å². The van der Waals surface area contributed by atoms with E-state index in [0.29, 0.717) is 11.4 Å². The molecule has 2 heterocycles. The van der Waals surface area contributed by atoms with Gasteiger partial charge in [0.05, 0.1) is 17.8 Å². The van der Waals surface area contributed by atoms with Crippen molar-refractivity contribution >= 4 is 40.7 Å². The second-order valence-corrected chi connectivity index (χ2v) is 6.99. The van der Waals surface area contributed by atoms with E-state index in [1.165, 1.54) is 19.2 Å². The fourth-order valence-corrected chi connectivity index (χ4v) is 3.46. The highest BCUT2D eigenvalue weighted by atomic mass is 35.5. The second-order valence-electron chi connectivity index (χ2n) is 6.58. The maximum atomic E-state index is 13.4. The highest BCUT2D eigenvalue weighted by Gasteiger charge is 2.55. The average Bonchev–Trinajstić information content (AvgIpc) is 3.24. The topological polar surface area (TPSA) is 104 Å². The van der Waals surface area contributed by atoms with Crippen LogP contribution in [0, 0.1) is 5.82 Å². The Morgan fingerprint density at radius 2 is 2.03 bits per heavy atom. The van der Waals surface area contributed by atoms with Crippen LogP contribution in [0.5, 0.6) is 5.75 Å². The first kappa shape index (κ1) is 19.8. The summed E-state index contributed by atoms with van der Waals surface area (Å²) in [6.45, 7) is -0.293. The summed E-state index contributed by atoms with van der Waals surface area (Å²) in [6.07, 6.45) is 0. The van der Waals surface area contributed by atoms with Crippen molar-refractivity contribution in [3.8, 4) is 5.75 Å². The summed E-state index contributed by atoms with van der Waals surface area (Å²) in [5, 5.41) is 11.3. The number of amides is 3. The van der Waals surface area contributed by atoms with Gasteiger partial charge < -0.3 is 10.1 Å². The molecule has 0 saturated carbocycles. The number of rotatable bonds is 5. The average molecular weight is 432 g/mol. The molecule has 2 atom stereocenters. The van der Waals surface area contributed by atoms with E-state index in [-0.39, 0.29) is 17.3 Å². The fraction of sp³-hybridized carbons (Fsp3) is 0.211. The Morgan fingerprint density at radius 3 is 2.77 bits per heavy atom. The van der Waals surface area contributed by atoms with Crippen LogP contribution >= 0.6 is 11.6 Å². The summed E-state index contributed by atoms with van der Waals surface area (Å²) in [5.74, 6) is -1.79. The molecule has 2 unspecified atom stereocenters. The largest absolute Gasteiger partial charge is 0.497 e. The predicted octanol–water partition coefficient (Wildman–Crippen LogP) is 2.42. The van der Waals surface area contributed by atoms with Crippen molar-refractivity contribution in [2.75, 3.05) is 23.9 Å². The van der Waals surface area contributed by atoms with Crippen LogP contribution in [-0.4, -0.2) is 48.5 Å². The number of hydrogen-bond donors (Lipinski definition) is 1. The molecule has 11 heteroatoms. The quantitative estimate of drug-likeness (QED) is 0.732. The van der Waals surface area contributed by atoms with Crippen molar-refractivity contribution in [1.82, 2.24) is 5.01 Å². The molecule has 9 nitrogen and oxygen atoms in total. The predicted molar refractivity (Wildman–Crippen MR) is 105 cm³/mol. The Bertz CT molecular complexity index is 1080. The summed E-state index contributed by atoms with van der Waals surface area (Å²) in [6, 6.07) is 8.14. The summed E-state index contributed by atoms with van der Waals surface area (Å²) in [5.41, 5.74) is 0.630. The summed E-state index contributed by atoms with van der Waals surface area (Å²) >= 11 is 5.77. The molecule has 1 saturated heterocycles. The van der Waals surface area contributed by atoms with Gasteiger partial charge in [-0.3, -0.25) is 19.4 Å². The lowest BCUT2D eigenvalue weighted by molar-refractivity contribution is -0.123. The number of carbonyl (C=O) groups excluding carboxylic acids is 3. The van der Waals surface area contributed by atoms with Gasteiger partial charge in [0, 0.05) is 11.8 Å². The van der Waals surface area contributed by atoms with Crippen molar-refractivity contribution in [3.63, 3.8) is 0 Å². The van der Waals surface area contributed by atoms with Gasteiger partial charge in [0.25, 0.3) is 11.8 Å². The van der Waals surface area contributed by atoms with Gasteiger partial charge in [-0.2, -0.15) is 5.11 Å². The maximum absolute atomic E-state index is 13.4. The Balaban J connectivity index is 1.49. The molecule has 2 aromatic rings. The maximum Gasteiger partial charge on any atom is 0.263 e. The molecule has 0 bridgehead atoms. The zero-order valence-electron chi connectivity index (χ0n) is 15.6. The Labute approximate surface area is 175 Å². The number of halogens is 2. The number of nitrogens with zero attached hydrogens (tertiary/aromatic N) is 4. The van der Waals surface area contributed by atoms with Crippen molar-refractivity contribution in [2.24, 2.45) is 10.3 Å². The number of benzene rings is 2. The lowest BCUT2D eigenvalue weighted by Gasteiger charge is -2.20. The van der Waals surface area contributed by atoms with E-state index in [4.69, 9.17) is 16.3 Å². The molecule has 0 spiro atoms. The van der Waals surface area contributed by atoms with Crippen LogP contribution in [-0.2, 0) is 14.4 Å². The van der Waals surface area contributed by atoms with Gasteiger partial charge in [0.2, 0.25) is 5.91 Å². The molecule has 154 valence electrons. The summed E-state index contributed by atoms with van der Waals surface area (Å²) < 4.78 is 18.5. The van der Waals surface area contributed by atoms with Crippen LogP contribution in [0.4, 0.5) is 15.8 Å². The van der Waals surface area contributed by atoms with E-state index >= 15 is 0 Å². The van der Waals surface area contributed by atoms with Crippen LogP contribution < -0.4 is 15.0 Å². The Kier molecular flexibility index (Phi) is 5.08. The van der Waals surface area contributed by atoms with E-state index in [2.05, 4.69) is 15.7 Å². The third-order valence-corrected chi connectivity index (χ3v) is 4.97. The number of hydrogen-bond acceptors (Lipinski definition) is 7. The lowest BCUT2D eigenvalue weighted by atomic mass is 10.1. The minimum atomic E-state index is -1.08. The molecule has 1 fully saturated rings. The number of anilines is 2. The smallest absolute Gasteiger partial charge is 0.263 e. The molecule has 0 aliphatic carbocycles. The van der Waals surface area contributed by atoms with E-state index in [9.17, 15) is 18.8 Å². The fourth-order valence-electron chi connectivity index (χ4n) is 3.28. The van der Waals surface area contributed by atoms with E-state index in [1.54, 1.807) is 24.3 Å². The molecule has 0 aromatic heterocycles. The van der Waals surface area contributed by atoms with Crippen molar-refractivity contribution in [3.05, 3.63) is 53.3 Å². The Morgan fingerprint density at radius 1 is 1.23 bits per heavy atom. The van der Waals surface area contributed by atoms with Gasteiger partial charge in [-0.25, -0.2) is 9.29 Å². The van der Waals surface area contributed by atoms with E-state index in [0.717, 1.165) is 16.0 Å². The molecule has 4 rings (SSSR count). The third-order valence-electron chi connectivity index (χ3n) is 4.68. The molecule has 0 radical (unpaired) electrons. The standard InChI is InChI=1S/C19H15ClFN5O4/c1-30-12-4-2-3-10(7-12)22-15(27)9-25-17-16(23-24-25)18(28)26(19(17)29)11-5-6-14(21)13(20)8-11/h2-8,16-17H,9H2,1H3,(H,22,27). The minimum Gasteiger partial charge on any atom is -0.497 e. The monoisotopic (exact) mass is 431 g/mol. The highest BCUT2D eigenvalue weighted by Crippen LogP contribution is 2.33. The molecular weight excluding hydrogens is 417 g/mol. The number of nitrogens with one attached hydrogen (secondary N) is 1. The highest BCUT2D eigenvalue weighted by molar-refractivity contribution is 6.32. The first-order valence-electron chi connectivity index (χ1n) is 8.83. The zero-order valence-corrected chi connectivity index (χ0v) is 16.3. The molecule has 3 amide bonds. The van der Waals surface area contributed by atoms with Gasteiger partial charge >= 0.3 is 0 Å². The second kappa shape index (κ2) is 7.71. The molecule has 2 aromatic carbocycles. The van der Waals surface area contributed by atoms with E-state index in [1.807, 2.05) is 0 Å². The first-order chi connectivity index (χ1) is 14.4. The number of fused-ring (bicyclic) bond motifs is 1. The van der Waals surface area contributed by atoms with Crippen LogP contribution in [0.15, 0.2) is 52.8 Å². The van der Waals surface area contributed by atoms with Crippen LogP contribution in [0.3, 0.4) is 0 Å². The number of carbonyl (C=O) groups is 3. The van der Waals surface area contributed by atoms with Gasteiger partial charge in [-0.05, 0) is 30.3 Å². The van der Waals surface area contributed by atoms with Crippen molar-refractivity contribution < 1.29 is 23.5 Å². The number of imide groups is 1. The molecule has 30 heavy (non-hydrogen) atoms. The third kappa shape index (κ3) is 3.45. The molecule has 2 aliphatic heterocycles.